The quantitative estimate of drug-likeness (QED) is 0.860. The number of carbonyl (C=O) groups excluding carboxylic acids is 1. The summed E-state index contributed by atoms with van der Waals surface area (Å²) in [6.07, 6.45) is 2.88. The molecule has 1 aliphatic carbocycles. The van der Waals surface area contributed by atoms with E-state index in [1.165, 1.54) is 5.56 Å². The highest BCUT2D eigenvalue weighted by Gasteiger charge is 2.24. The van der Waals surface area contributed by atoms with Crippen molar-refractivity contribution in [2.45, 2.75) is 38.8 Å². The van der Waals surface area contributed by atoms with Crippen molar-refractivity contribution in [1.29, 1.82) is 0 Å². The predicted octanol–water partition coefficient (Wildman–Crippen LogP) is 2.40. The normalized spacial score (nSPS) is 14.7. The zero-order valence-electron chi connectivity index (χ0n) is 11.5. The fourth-order valence-electron chi connectivity index (χ4n) is 2.39. The third-order valence-corrected chi connectivity index (χ3v) is 3.73. The van der Waals surface area contributed by atoms with Crippen LogP contribution in [0.3, 0.4) is 0 Å². The van der Waals surface area contributed by atoms with Crippen LogP contribution in [0.2, 0.25) is 0 Å². The smallest absolute Gasteiger partial charge is 0.240 e. The highest BCUT2D eigenvalue weighted by atomic mass is 35.5. The zero-order chi connectivity index (χ0) is 14.1. The van der Waals surface area contributed by atoms with E-state index < -0.39 is 0 Å². The van der Waals surface area contributed by atoms with Gasteiger partial charge in [-0.15, -0.1) is 11.6 Å². The number of hydrogen-bond acceptors (Lipinski definition) is 2. The molecule has 0 saturated heterocycles. The summed E-state index contributed by atoms with van der Waals surface area (Å²) in [6.45, 7) is 2.36. The van der Waals surface area contributed by atoms with Gasteiger partial charge in [-0.3, -0.25) is 4.79 Å². The Hall–Kier alpha value is -1.55. The van der Waals surface area contributed by atoms with Crippen molar-refractivity contribution < 1.29 is 4.79 Å². The number of benzene rings is 1. The van der Waals surface area contributed by atoms with E-state index in [1.807, 2.05) is 29.7 Å². The maximum Gasteiger partial charge on any atom is 0.240 e. The lowest BCUT2D eigenvalue weighted by Gasteiger charge is -2.09. The second-order valence-corrected chi connectivity index (χ2v) is 5.77. The number of rotatable bonds is 5. The molecule has 0 radical (unpaired) electrons. The molecule has 4 nitrogen and oxygen atoms in total. The van der Waals surface area contributed by atoms with Crippen molar-refractivity contribution in [3.63, 3.8) is 0 Å². The van der Waals surface area contributed by atoms with Gasteiger partial charge in [-0.25, -0.2) is 4.98 Å². The van der Waals surface area contributed by atoms with Crippen LogP contribution in [0.25, 0.3) is 11.0 Å². The summed E-state index contributed by atoms with van der Waals surface area (Å²) in [6, 6.07) is 6.50. The van der Waals surface area contributed by atoms with E-state index in [0.717, 1.165) is 29.7 Å². The number of imidazole rings is 1. The van der Waals surface area contributed by atoms with Crippen LogP contribution in [0.1, 0.15) is 24.2 Å². The molecule has 2 aromatic rings. The monoisotopic (exact) mass is 291 g/mol. The summed E-state index contributed by atoms with van der Waals surface area (Å²) in [7, 11) is 0. The molecule has 1 amide bonds. The van der Waals surface area contributed by atoms with Gasteiger partial charge in [0.25, 0.3) is 0 Å². The lowest BCUT2D eigenvalue weighted by Crippen LogP contribution is -2.29. The largest absolute Gasteiger partial charge is 0.352 e. The number of aryl methyl sites for hydroxylation is 2. The molecule has 0 atom stereocenters. The fraction of sp³-hybridized carbons (Fsp3) is 0.467. The third kappa shape index (κ3) is 2.80. The first-order valence-corrected chi connectivity index (χ1v) is 7.52. The summed E-state index contributed by atoms with van der Waals surface area (Å²) in [5, 5.41) is 3.02. The van der Waals surface area contributed by atoms with Crippen molar-refractivity contribution in [1.82, 2.24) is 14.9 Å². The van der Waals surface area contributed by atoms with Gasteiger partial charge in [-0.1, -0.05) is 6.07 Å². The number of carbonyl (C=O) groups is 1. The van der Waals surface area contributed by atoms with Gasteiger partial charge in [-0.05, 0) is 37.5 Å². The van der Waals surface area contributed by atoms with Gasteiger partial charge in [0.1, 0.15) is 12.4 Å². The van der Waals surface area contributed by atoms with Gasteiger partial charge in [0.05, 0.1) is 11.0 Å². The first-order valence-electron chi connectivity index (χ1n) is 6.98. The minimum atomic E-state index is 0.0585. The molecular weight excluding hydrogens is 274 g/mol. The molecule has 1 saturated carbocycles. The average molecular weight is 292 g/mol. The number of nitrogens with zero attached hydrogens (tertiary/aromatic N) is 2. The van der Waals surface area contributed by atoms with E-state index in [1.54, 1.807) is 0 Å². The molecule has 106 valence electrons. The number of hydrogen-bond donors (Lipinski definition) is 1. The molecule has 3 rings (SSSR count). The summed E-state index contributed by atoms with van der Waals surface area (Å²) in [5.41, 5.74) is 3.10. The Morgan fingerprint density at radius 1 is 1.50 bits per heavy atom. The molecular formula is C15H18ClN3O. The van der Waals surface area contributed by atoms with Gasteiger partial charge in [0.2, 0.25) is 5.91 Å². The minimum absolute atomic E-state index is 0.0585. The van der Waals surface area contributed by atoms with Crippen LogP contribution >= 0.6 is 11.6 Å². The number of halogens is 1. The van der Waals surface area contributed by atoms with Crippen molar-refractivity contribution in [3.8, 4) is 0 Å². The predicted molar refractivity (Wildman–Crippen MR) is 80.1 cm³/mol. The first kappa shape index (κ1) is 13.4. The molecule has 1 N–H and O–H groups in total. The van der Waals surface area contributed by atoms with Gasteiger partial charge in [-0.2, -0.15) is 0 Å². The lowest BCUT2D eigenvalue weighted by atomic mass is 10.2. The summed E-state index contributed by atoms with van der Waals surface area (Å²) >= 11 is 5.84. The summed E-state index contributed by atoms with van der Waals surface area (Å²) < 4.78 is 1.98. The SMILES string of the molecule is Cc1ccc2c(c1)nc(CCCl)n2CC(=O)NC1CC1. The molecule has 0 unspecified atom stereocenters. The lowest BCUT2D eigenvalue weighted by molar-refractivity contribution is -0.121. The van der Waals surface area contributed by atoms with Crippen LogP contribution in [0, 0.1) is 6.92 Å². The zero-order valence-corrected chi connectivity index (χ0v) is 12.3. The van der Waals surface area contributed by atoms with Crippen LogP contribution in [0.15, 0.2) is 18.2 Å². The van der Waals surface area contributed by atoms with E-state index in [9.17, 15) is 4.79 Å². The Bertz CT molecular complexity index is 646. The van der Waals surface area contributed by atoms with Crippen molar-refractivity contribution >= 4 is 28.5 Å². The molecule has 1 fully saturated rings. The molecule has 0 bridgehead atoms. The molecule has 1 heterocycles. The second kappa shape index (κ2) is 5.44. The van der Waals surface area contributed by atoms with Gasteiger partial charge >= 0.3 is 0 Å². The molecule has 5 heteroatoms. The molecule has 0 aliphatic heterocycles. The van der Waals surface area contributed by atoms with Crippen molar-refractivity contribution in [2.75, 3.05) is 5.88 Å². The number of fused-ring (bicyclic) bond motifs is 1. The fourth-order valence-corrected chi connectivity index (χ4v) is 2.56. The molecule has 1 aliphatic rings. The molecule has 20 heavy (non-hydrogen) atoms. The Labute approximate surface area is 123 Å². The number of amides is 1. The van der Waals surface area contributed by atoms with Gasteiger partial charge in [0, 0.05) is 18.3 Å². The number of aromatic nitrogens is 2. The highest BCUT2D eigenvalue weighted by molar-refractivity contribution is 6.17. The van der Waals surface area contributed by atoms with Crippen molar-refractivity contribution in [2.24, 2.45) is 0 Å². The Morgan fingerprint density at radius 2 is 2.30 bits per heavy atom. The molecule has 0 spiro atoms. The van der Waals surface area contributed by atoms with Crippen molar-refractivity contribution in [3.05, 3.63) is 29.6 Å². The molecule has 1 aromatic carbocycles. The first-order chi connectivity index (χ1) is 9.67. The Balaban J connectivity index is 1.92. The third-order valence-electron chi connectivity index (χ3n) is 3.55. The topological polar surface area (TPSA) is 46.9 Å². The summed E-state index contributed by atoms with van der Waals surface area (Å²) in [4.78, 5) is 16.6. The van der Waals surface area contributed by atoms with Gasteiger partial charge < -0.3 is 9.88 Å². The summed E-state index contributed by atoms with van der Waals surface area (Å²) in [5.74, 6) is 1.45. The van der Waals surface area contributed by atoms with Gasteiger partial charge in [0.15, 0.2) is 0 Å². The average Bonchev–Trinajstić information content (AvgIpc) is 3.14. The van der Waals surface area contributed by atoms with Crippen LogP contribution in [0.4, 0.5) is 0 Å². The highest BCUT2D eigenvalue weighted by Crippen LogP contribution is 2.20. The maximum absolute atomic E-state index is 12.0. The van der Waals surface area contributed by atoms with E-state index in [2.05, 4.69) is 10.3 Å². The standard InChI is InChI=1S/C15H18ClN3O/c1-10-2-5-13-12(8-10)18-14(6-7-16)19(13)9-15(20)17-11-3-4-11/h2,5,8,11H,3-4,6-7,9H2,1H3,(H,17,20). The van der Waals surface area contributed by atoms with E-state index in [4.69, 9.17) is 11.6 Å². The van der Waals surface area contributed by atoms with Crippen LogP contribution in [-0.4, -0.2) is 27.4 Å². The second-order valence-electron chi connectivity index (χ2n) is 5.39. The minimum Gasteiger partial charge on any atom is -0.352 e. The van der Waals surface area contributed by atoms with Crippen LogP contribution in [0.5, 0.6) is 0 Å². The van der Waals surface area contributed by atoms with Crippen LogP contribution in [-0.2, 0) is 17.8 Å². The Kier molecular flexibility index (Phi) is 3.66. The number of alkyl halides is 1. The Morgan fingerprint density at radius 3 is 3.00 bits per heavy atom. The molecule has 1 aromatic heterocycles. The van der Waals surface area contributed by atoms with E-state index >= 15 is 0 Å². The van der Waals surface area contributed by atoms with E-state index in [-0.39, 0.29) is 5.91 Å². The maximum atomic E-state index is 12.0. The van der Waals surface area contributed by atoms with E-state index in [0.29, 0.717) is 24.9 Å². The number of nitrogens with one attached hydrogen (secondary N) is 1. The van der Waals surface area contributed by atoms with Crippen LogP contribution < -0.4 is 5.32 Å².